The molecule has 1 aliphatic heterocycles. The Balaban J connectivity index is 2.05. The zero-order chi connectivity index (χ0) is 12.8. The molecule has 0 aromatic heterocycles. The third kappa shape index (κ3) is 3.36. The van der Waals surface area contributed by atoms with Gasteiger partial charge in [0.1, 0.15) is 0 Å². The minimum absolute atomic E-state index is 0.975. The fourth-order valence-electron chi connectivity index (χ4n) is 2.62. The fraction of sp³-hybridized carbons (Fsp3) is 0.500. The summed E-state index contributed by atoms with van der Waals surface area (Å²) in [5.41, 5.74) is 4.23. The van der Waals surface area contributed by atoms with Crippen molar-refractivity contribution in [3.63, 3.8) is 0 Å². The zero-order valence-corrected chi connectivity index (χ0v) is 11.4. The average Bonchev–Trinajstić information content (AvgIpc) is 2.39. The van der Waals surface area contributed by atoms with Gasteiger partial charge in [-0.15, -0.1) is 6.58 Å². The molecule has 0 amide bonds. The largest absolute Gasteiger partial charge is 0.385 e. The number of hydrogen-bond acceptors (Lipinski definition) is 2. The number of aryl methyl sites for hydroxylation is 1. The second-order valence-electron chi connectivity index (χ2n) is 5.05. The first-order chi connectivity index (χ1) is 8.83. The van der Waals surface area contributed by atoms with Gasteiger partial charge in [-0.05, 0) is 43.0 Å². The maximum absolute atomic E-state index is 3.84. The summed E-state index contributed by atoms with van der Waals surface area (Å²) in [7, 11) is 0. The van der Waals surface area contributed by atoms with Gasteiger partial charge < -0.3 is 5.32 Å². The van der Waals surface area contributed by atoms with Gasteiger partial charge in [0.05, 0.1) is 0 Å². The summed E-state index contributed by atoms with van der Waals surface area (Å²) >= 11 is 0. The molecule has 18 heavy (non-hydrogen) atoms. The number of rotatable bonds is 6. The van der Waals surface area contributed by atoms with E-state index in [2.05, 4.69) is 41.9 Å². The van der Waals surface area contributed by atoms with Crippen LogP contribution in [0.15, 0.2) is 30.9 Å². The Hall–Kier alpha value is -1.28. The van der Waals surface area contributed by atoms with Crippen LogP contribution in [0.4, 0.5) is 5.69 Å². The second-order valence-corrected chi connectivity index (χ2v) is 5.05. The average molecular weight is 244 g/mol. The van der Waals surface area contributed by atoms with E-state index in [1.807, 2.05) is 6.08 Å². The van der Waals surface area contributed by atoms with E-state index >= 15 is 0 Å². The van der Waals surface area contributed by atoms with Gasteiger partial charge in [-0.25, -0.2) is 0 Å². The highest BCUT2D eigenvalue weighted by molar-refractivity contribution is 5.54. The van der Waals surface area contributed by atoms with Crippen molar-refractivity contribution < 1.29 is 0 Å². The molecule has 0 fully saturated rings. The van der Waals surface area contributed by atoms with Crippen LogP contribution in [0.25, 0.3) is 0 Å². The Bertz CT molecular complexity index is 398. The predicted molar refractivity (Wildman–Crippen MR) is 79.0 cm³/mol. The van der Waals surface area contributed by atoms with E-state index in [-0.39, 0.29) is 0 Å². The van der Waals surface area contributed by atoms with Gasteiger partial charge in [0.15, 0.2) is 0 Å². The number of nitrogens with one attached hydrogen (secondary N) is 1. The van der Waals surface area contributed by atoms with E-state index < -0.39 is 0 Å². The highest BCUT2D eigenvalue weighted by Gasteiger charge is 2.10. The molecule has 1 aromatic carbocycles. The van der Waals surface area contributed by atoms with Crippen molar-refractivity contribution in [1.82, 2.24) is 4.90 Å². The summed E-state index contributed by atoms with van der Waals surface area (Å²) in [6.07, 6.45) is 5.66. The Morgan fingerprint density at radius 3 is 3.11 bits per heavy atom. The lowest BCUT2D eigenvalue weighted by Crippen LogP contribution is -2.24. The number of fused-ring (bicyclic) bond motifs is 1. The first kappa shape index (κ1) is 13.2. The van der Waals surface area contributed by atoms with Crippen molar-refractivity contribution in [3.8, 4) is 0 Å². The highest BCUT2D eigenvalue weighted by atomic mass is 15.1. The zero-order valence-electron chi connectivity index (χ0n) is 11.4. The highest BCUT2D eigenvalue weighted by Crippen LogP contribution is 2.23. The molecule has 1 heterocycles. The van der Waals surface area contributed by atoms with E-state index in [1.54, 1.807) is 0 Å². The van der Waals surface area contributed by atoms with E-state index in [1.165, 1.54) is 36.1 Å². The van der Waals surface area contributed by atoms with E-state index in [0.717, 1.165) is 26.2 Å². The minimum atomic E-state index is 0.975. The minimum Gasteiger partial charge on any atom is -0.385 e. The number of hydrogen-bond donors (Lipinski definition) is 1. The smallest absolute Gasteiger partial charge is 0.0372 e. The lowest BCUT2D eigenvalue weighted by molar-refractivity contribution is 0.295. The van der Waals surface area contributed by atoms with E-state index in [4.69, 9.17) is 0 Å². The summed E-state index contributed by atoms with van der Waals surface area (Å²) in [5.74, 6) is 0. The van der Waals surface area contributed by atoms with Crippen LogP contribution in [-0.2, 0) is 13.0 Å². The molecular weight excluding hydrogens is 220 g/mol. The van der Waals surface area contributed by atoms with E-state index in [0.29, 0.717) is 0 Å². The second kappa shape index (κ2) is 6.60. The molecule has 0 unspecified atom stereocenters. The number of nitrogens with zero attached hydrogens (tertiary/aromatic N) is 1. The summed E-state index contributed by atoms with van der Waals surface area (Å²) in [5, 5.41) is 3.46. The molecule has 1 aromatic rings. The summed E-state index contributed by atoms with van der Waals surface area (Å²) in [6.45, 7) is 10.3. The van der Waals surface area contributed by atoms with E-state index in [9.17, 15) is 0 Å². The first-order valence-electron chi connectivity index (χ1n) is 7.02. The maximum atomic E-state index is 3.84. The van der Waals surface area contributed by atoms with Crippen LogP contribution in [0.3, 0.4) is 0 Å². The summed E-state index contributed by atoms with van der Waals surface area (Å²) < 4.78 is 0. The summed E-state index contributed by atoms with van der Waals surface area (Å²) in [4.78, 5) is 2.45. The Kier molecular flexibility index (Phi) is 4.82. The maximum Gasteiger partial charge on any atom is 0.0372 e. The molecule has 0 spiro atoms. The number of benzene rings is 1. The van der Waals surface area contributed by atoms with Crippen molar-refractivity contribution in [2.45, 2.75) is 32.7 Å². The lowest BCUT2D eigenvalue weighted by Gasteiger charge is -2.22. The normalized spacial score (nSPS) is 14.1. The van der Waals surface area contributed by atoms with Crippen LogP contribution in [0.2, 0.25) is 0 Å². The van der Waals surface area contributed by atoms with Crippen LogP contribution in [0.5, 0.6) is 0 Å². The monoisotopic (exact) mass is 244 g/mol. The van der Waals surface area contributed by atoms with Crippen molar-refractivity contribution in [2.24, 2.45) is 0 Å². The van der Waals surface area contributed by atoms with Crippen LogP contribution in [0.1, 0.15) is 30.9 Å². The van der Waals surface area contributed by atoms with Crippen molar-refractivity contribution in [2.75, 3.05) is 25.0 Å². The number of anilines is 1. The third-order valence-corrected chi connectivity index (χ3v) is 3.44. The standard InChI is InChI=1S/C16H24N2/c1-3-10-18(11-4-2)13-14-7-8-16-15(12-14)6-5-9-17-16/h3,7-8,12,17H,1,4-6,9-11,13H2,2H3. The molecular formula is C16H24N2. The quantitative estimate of drug-likeness (QED) is 0.771. The molecule has 0 atom stereocenters. The molecule has 98 valence electrons. The van der Waals surface area contributed by atoms with Crippen LogP contribution in [-0.4, -0.2) is 24.5 Å². The molecule has 0 saturated heterocycles. The molecule has 2 heteroatoms. The van der Waals surface area contributed by atoms with Gasteiger partial charge in [-0.3, -0.25) is 4.90 Å². The van der Waals surface area contributed by atoms with Gasteiger partial charge in [0.25, 0.3) is 0 Å². The van der Waals surface area contributed by atoms with Crippen molar-refractivity contribution >= 4 is 5.69 Å². The van der Waals surface area contributed by atoms with Crippen molar-refractivity contribution in [1.29, 1.82) is 0 Å². The molecule has 0 bridgehead atoms. The molecule has 0 radical (unpaired) electrons. The van der Waals surface area contributed by atoms with Crippen LogP contribution >= 0.6 is 0 Å². The Morgan fingerprint density at radius 1 is 1.44 bits per heavy atom. The van der Waals surface area contributed by atoms with Crippen molar-refractivity contribution in [3.05, 3.63) is 42.0 Å². The molecule has 0 aliphatic carbocycles. The van der Waals surface area contributed by atoms with Crippen LogP contribution in [0, 0.1) is 0 Å². The van der Waals surface area contributed by atoms with Gasteiger partial charge in [-0.2, -0.15) is 0 Å². The Labute approximate surface area is 111 Å². The van der Waals surface area contributed by atoms with Gasteiger partial charge in [-0.1, -0.05) is 25.1 Å². The molecule has 0 saturated carbocycles. The first-order valence-corrected chi connectivity index (χ1v) is 7.02. The third-order valence-electron chi connectivity index (χ3n) is 3.44. The molecule has 2 nitrogen and oxygen atoms in total. The SMILES string of the molecule is C=CCN(CCC)Cc1ccc2c(c1)CCCN2. The topological polar surface area (TPSA) is 15.3 Å². The van der Waals surface area contributed by atoms with Gasteiger partial charge >= 0.3 is 0 Å². The predicted octanol–water partition coefficient (Wildman–Crippen LogP) is 3.44. The molecule has 2 rings (SSSR count). The lowest BCUT2D eigenvalue weighted by atomic mass is 10.0. The van der Waals surface area contributed by atoms with Gasteiger partial charge in [0, 0.05) is 25.3 Å². The molecule has 1 aliphatic rings. The fourth-order valence-corrected chi connectivity index (χ4v) is 2.62. The summed E-state index contributed by atoms with van der Waals surface area (Å²) in [6, 6.07) is 6.86. The molecule has 1 N–H and O–H groups in total. The van der Waals surface area contributed by atoms with Gasteiger partial charge in [0.2, 0.25) is 0 Å². The van der Waals surface area contributed by atoms with Crippen LogP contribution < -0.4 is 5.32 Å². The Morgan fingerprint density at radius 2 is 2.33 bits per heavy atom.